The summed E-state index contributed by atoms with van der Waals surface area (Å²) in [6, 6.07) is 4.26. The van der Waals surface area contributed by atoms with Crippen LogP contribution in [0.4, 0.5) is 0 Å². The van der Waals surface area contributed by atoms with Gasteiger partial charge >= 0.3 is 0 Å². The van der Waals surface area contributed by atoms with E-state index in [4.69, 9.17) is 4.74 Å². The van der Waals surface area contributed by atoms with E-state index < -0.39 is 0 Å². The van der Waals surface area contributed by atoms with E-state index in [9.17, 15) is 0 Å². The SMILES string of the molecule is [CH2-]N(C)C(C)COc1ccc(CC)nc1.[W]. The summed E-state index contributed by atoms with van der Waals surface area (Å²) in [5, 5.41) is 0. The van der Waals surface area contributed by atoms with Crippen LogP contribution in [0.1, 0.15) is 19.5 Å². The third-order valence-electron chi connectivity index (χ3n) is 2.40. The number of aryl methyl sites for hydroxylation is 1. The molecule has 1 rings (SSSR count). The van der Waals surface area contributed by atoms with Crippen molar-refractivity contribution >= 4 is 0 Å². The molecule has 1 aromatic rings. The zero-order chi connectivity index (χ0) is 11.3. The number of hydrogen-bond donors (Lipinski definition) is 0. The minimum atomic E-state index is 0. The molecule has 16 heavy (non-hydrogen) atoms. The number of pyridine rings is 1. The average Bonchev–Trinajstić information content (AvgIpc) is 2.26. The maximum Gasteiger partial charge on any atom is 0.137 e. The summed E-state index contributed by atoms with van der Waals surface area (Å²) in [7, 11) is 5.75. The van der Waals surface area contributed by atoms with Crippen molar-refractivity contribution in [1.82, 2.24) is 9.88 Å². The van der Waals surface area contributed by atoms with E-state index >= 15 is 0 Å². The molecule has 0 saturated heterocycles. The monoisotopic (exact) mass is 391 g/mol. The molecule has 0 N–H and O–H groups in total. The van der Waals surface area contributed by atoms with Gasteiger partial charge in [-0.05, 0) is 32.5 Å². The van der Waals surface area contributed by atoms with Crippen molar-refractivity contribution in [3.63, 3.8) is 0 Å². The maximum atomic E-state index is 5.58. The third-order valence-corrected chi connectivity index (χ3v) is 2.40. The molecule has 0 aliphatic rings. The minimum Gasteiger partial charge on any atom is -0.490 e. The normalized spacial score (nSPS) is 12.1. The first-order valence-electron chi connectivity index (χ1n) is 5.24. The van der Waals surface area contributed by atoms with Gasteiger partial charge < -0.3 is 9.64 Å². The van der Waals surface area contributed by atoms with E-state index in [1.165, 1.54) is 0 Å². The summed E-state index contributed by atoms with van der Waals surface area (Å²) >= 11 is 0. The van der Waals surface area contributed by atoms with Crippen LogP contribution >= 0.6 is 0 Å². The predicted octanol–water partition coefficient (Wildman–Crippen LogP) is 2.13. The van der Waals surface area contributed by atoms with Crippen molar-refractivity contribution in [2.24, 2.45) is 0 Å². The first-order valence-corrected chi connectivity index (χ1v) is 5.24. The van der Waals surface area contributed by atoms with Crippen LogP contribution in [-0.4, -0.2) is 29.6 Å². The van der Waals surface area contributed by atoms with Crippen molar-refractivity contribution in [2.75, 3.05) is 13.7 Å². The van der Waals surface area contributed by atoms with Gasteiger partial charge in [0, 0.05) is 32.8 Å². The second kappa shape index (κ2) is 7.80. The first-order chi connectivity index (χ1) is 7.13. The zero-order valence-electron chi connectivity index (χ0n) is 10.1. The largest absolute Gasteiger partial charge is 0.490 e. The molecule has 0 fully saturated rings. The van der Waals surface area contributed by atoms with Gasteiger partial charge in [-0.15, -0.1) is 0 Å². The molecule has 4 heteroatoms. The van der Waals surface area contributed by atoms with Gasteiger partial charge in [0.1, 0.15) is 12.4 Å². The minimum absolute atomic E-state index is 0. The number of aromatic nitrogens is 1. The van der Waals surface area contributed by atoms with Crippen molar-refractivity contribution in [3.8, 4) is 5.75 Å². The predicted molar refractivity (Wildman–Crippen MR) is 61.7 cm³/mol. The Morgan fingerprint density at radius 2 is 2.19 bits per heavy atom. The van der Waals surface area contributed by atoms with Gasteiger partial charge in [-0.25, -0.2) is 0 Å². The van der Waals surface area contributed by atoms with E-state index in [1.807, 2.05) is 24.1 Å². The van der Waals surface area contributed by atoms with E-state index in [0.717, 1.165) is 17.9 Å². The molecule has 0 amide bonds. The van der Waals surface area contributed by atoms with Crippen LogP contribution in [0.5, 0.6) is 5.75 Å². The molecule has 0 spiro atoms. The molecule has 0 bridgehead atoms. The number of nitrogens with zero attached hydrogens (tertiary/aromatic N) is 2. The second-order valence-electron chi connectivity index (χ2n) is 3.76. The summed E-state index contributed by atoms with van der Waals surface area (Å²) in [6.07, 6.45) is 2.73. The van der Waals surface area contributed by atoms with Crippen LogP contribution in [0.3, 0.4) is 0 Å². The van der Waals surface area contributed by atoms with Gasteiger partial charge in [0.15, 0.2) is 0 Å². The summed E-state index contributed by atoms with van der Waals surface area (Å²) in [6.45, 7) is 4.79. The topological polar surface area (TPSA) is 25.4 Å². The molecule has 1 heterocycles. The second-order valence-corrected chi connectivity index (χ2v) is 3.76. The molecule has 0 aliphatic heterocycles. The van der Waals surface area contributed by atoms with Gasteiger partial charge in [-0.3, -0.25) is 12.0 Å². The molecule has 0 saturated carbocycles. The Morgan fingerprint density at radius 3 is 2.62 bits per heavy atom. The van der Waals surface area contributed by atoms with Gasteiger partial charge in [0.25, 0.3) is 0 Å². The average molecular weight is 391 g/mol. The maximum absolute atomic E-state index is 5.58. The van der Waals surface area contributed by atoms with Crippen LogP contribution in [0.25, 0.3) is 0 Å². The number of rotatable bonds is 5. The van der Waals surface area contributed by atoms with Gasteiger partial charge in [-0.1, -0.05) is 6.92 Å². The number of hydrogen-bond acceptors (Lipinski definition) is 3. The van der Waals surface area contributed by atoms with Crippen LogP contribution in [0, 0.1) is 7.05 Å². The molecule has 1 atom stereocenters. The Balaban J connectivity index is 0.00000225. The summed E-state index contributed by atoms with van der Waals surface area (Å²) in [4.78, 5) is 6.15. The first kappa shape index (κ1) is 15.6. The van der Waals surface area contributed by atoms with E-state index in [2.05, 4.69) is 25.9 Å². The quantitative estimate of drug-likeness (QED) is 0.720. The Bertz CT molecular complexity index is 288. The number of likely N-dealkylation sites (N-methyl/N-ethyl adjacent to an activating group) is 1. The Labute approximate surface area is 112 Å². The summed E-state index contributed by atoms with van der Waals surface area (Å²) in [5.74, 6) is 0.820. The molecule has 0 aliphatic carbocycles. The fourth-order valence-electron chi connectivity index (χ4n) is 1.05. The zero-order valence-corrected chi connectivity index (χ0v) is 13.1. The van der Waals surface area contributed by atoms with Gasteiger partial charge in [-0.2, -0.15) is 0 Å². The molecule has 0 aromatic carbocycles. The summed E-state index contributed by atoms with van der Waals surface area (Å²) in [5.41, 5.74) is 1.09. The van der Waals surface area contributed by atoms with Crippen molar-refractivity contribution < 1.29 is 25.8 Å². The van der Waals surface area contributed by atoms with Crippen LogP contribution in [0.2, 0.25) is 0 Å². The molecular formula is C12H19N2OW-. The molecule has 1 aromatic heterocycles. The molecule has 3 nitrogen and oxygen atoms in total. The van der Waals surface area contributed by atoms with E-state index in [1.54, 1.807) is 6.20 Å². The Morgan fingerprint density at radius 1 is 1.50 bits per heavy atom. The molecule has 90 valence electrons. The van der Waals surface area contributed by atoms with Gasteiger partial charge in [0.05, 0.1) is 6.20 Å². The fraction of sp³-hybridized carbons (Fsp3) is 0.500. The van der Waals surface area contributed by atoms with E-state index in [-0.39, 0.29) is 21.1 Å². The standard InChI is InChI=1S/C12H19N2O.W/c1-5-11-6-7-12(8-13-11)15-9-10(2)14(3)4;/h6-8,10H,3,5,9H2,1-2,4H3;/q-1;. The van der Waals surface area contributed by atoms with E-state index in [0.29, 0.717) is 12.6 Å². The Hall–Kier alpha value is -0.402. The third kappa shape index (κ3) is 5.09. The fourth-order valence-corrected chi connectivity index (χ4v) is 1.05. The smallest absolute Gasteiger partial charge is 0.137 e. The van der Waals surface area contributed by atoms with Crippen LogP contribution < -0.4 is 4.74 Å². The van der Waals surface area contributed by atoms with Crippen molar-refractivity contribution in [3.05, 3.63) is 31.1 Å². The van der Waals surface area contributed by atoms with Crippen molar-refractivity contribution in [2.45, 2.75) is 26.3 Å². The van der Waals surface area contributed by atoms with Crippen molar-refractivity contribution in [1.29, 1.82) is 0 Å². The molecule has 0 radical (unpaired) electrons. The summed E-state index contributed by atoms with van der Waals surface area (Å²) < 4.78 is 5.58. The molecule has 1 unspecified atom stereocenters. The number of ether oxygens (including phenoxy) is 1. The van der Waals surface area contributed by atoms with Gasteiger partial charge in [0.2, 0.25) is 0 Å². The molecular weight excluding hydrogens is 372 g/mol. The van der Waals surface area contributed by atoms with Crippen LogP contribution in [0.15, 0.2) is 18.3 Å². The Kier molecular flexibility index (Phi) is 7.61. The van der Waals surface area contributed by atoms with Crippen LogP contribution in [-0.2, 0) is 27.5 Å².